The third-order valence-corrected chi connectivity index (χ3v) is 3.72. The maximum absolute atomic E-state index is 12.2. The molecule has 112 valence electrons. The van der Waals surface area contributed by atoms with Crippen molar-refractivity contribution in [3.63, 3.8) is 0 Å². The molecule has 0 aromatic carbocycles. The summed E-state index contributed by atoms with van der Waals surface area (Å²) < 4.78 is 5.55. The summed E-state index contributed by atoms with van der Waals surface area (Å²) in [7, 11) is 0. The van der Waals surface area contributed by atoms with Crippen LogP contribution in [0, 0.1) is 5.92 Å². The van der Waals surface area contributed by atoms with E-state index < -0.39 is 0 Å². The fraction of sp³-hybridized carbons (Fsp3) is 0.929. The Morgan fingerprint density at radius 1 is 1.16 bits per heavy atom. The molecule has 1 aliphatic heterocycles. The van der Waals surface area contributed by atoms with Crippen LogP contribution in [0.4, 0.5) is 0 Å². The third-order valence-electron chi connectivity index (χ3n) is 3.72. The summed E-state index contributed by atoms with van der Waals surface area (Å²) in [6.45, 7) is 13.1. The van der Waals surface area contributed by atoms with E-state index in [0.717, 1.165) is 39.3 Å². The van der Waals surface area contributed by atoms with E-state index in [0.29, 0.717) is 0 Å². The highest BCUT2D eigenvalue weighted by atomic mass is 16.5. The second kappa shape index (κ2) is 7.82. The van der Waals surface area contributed by atoms with E-state index in [1.54, 1.807) is 0 Å². The van der Waals surface area contributed by atoms with Gasteiger partial charge in [-0.15, -0.1) is 0 Å². The zero-order valence-electron chi connectivity index (χ0n) is 12.8. The predicted molar refractivity (Wildman–Crippen MR) is 76.9 cm³/mol. The van der Waals surface area contributed by atoms with Crippen LogP contribution >= 0.6 is 0 Å². The topological polar surface area (TPSA) is 58.8 Å². The first-order chi connectivity index (χ1) is 8.91. The highest BCUT2D eigenvalue weighted by Crippen LogP contribution is 2.09. The molecule has 2 N–H and O–H groups in total. The van der Waals surface area contributed by atoms with E-state index in [4.69, 9.17) is 10.5 Å². The first-order valence-electron chi connectivity index (χ1n) is 7.30. The third kappa shape index (κ3) is 5.47. The SMILES string of the molecule is CC(C)OCCN1CCN(C(=O)C(C)C(C)N)CC1. The largest absolute Gasteiger partial charge is 0.377 e. The molecule has 1 fully saturated rings. The van der Waals surface area contributed by atoms with Gasteiger partial charge in [0, 0.05) is 38.8 Å². The zero-order valence-corrected chi connectivity index (χ0v) is 12.8. The molecule has 0 saturated carbocycles. The smallest absolute Gasteiger partial charge is 0.227 e. The molecule has 5 heteroatoms. The molecule has 0 aromatic heterocycles. The molecule has 1 rings (SSSR count). The lowest BCUT2D eigenvalue weighted by atomic mass is 10.0. The summed E-state index contributed by atoms with van der Waals surface area (Å²) >= 11 is 0. The second-order valence-electron chi connectivity index (χ2n) is 5.73. The fourth-order valence-corrected chi connectivity index (χ4v) is 2.12. The number of nitrogens with zero attached hydrogens (tertiary/aromatic N) is 2. The summed E-state index contributed by atoms with van der Waals surface area (Å²) in [6.07, 6.45) is 0.287. The Kier molecular flexibility index (Phi) is 6.75. The molecule has 2 atom stereocenters. The van der Waals surface area contributed by atoms with Crippen LogP contribution in [0.25, 0.3) is 0 Å². The van der Waals surface area contributed by atoms with Crippen LogP contribution in [0.15, 0.2) is 0 Å². The van der Waals surface area contributed by atoms with Crippen molar-refractivity contribution < 1.29 is 9.53 Å². The quantitative estimate of drug-likeness (QED) is 0.766. The fourth-order valence-electron chi connectivity index (χ4n) is 2.12. The van der Waals surface area contributed by atoms with Gasteiger partial charge in [-0.25, -0.2) is 0 Å². The molecule has 0 bridgehead atoms. The van der Waals surface area contributed by atoms with Crippen LogP contribution in [0.5, 0.6) is 0 Å². The van der Waals surface area contributed by atoms with E-state index in [1.165, 1.54) is 0 Å². The van der Waals surface area contributed by atoms with E-state index in [1.807, 2.05) is 32.6 Å². The zero-order chi connectivity index (χ0) is 14.4. The molecule has 1 heterocycles. The number of carbonyl (C=O) groups is 1. The number of ether oxygens (including phenoxy) is 1. The van der Waals surface area contributed by atoms with Gasteiger partial charge in [-0.2, -0.15) is 0 Å². The molecule has 1 aliphatic rings. The maximum Gasteiger partial charge on any atom is 0.227 e. The Bertz CT molecular complexity index is 274. The highest BCUT2D eigenvalue weighted by molar-refractivity contribution is 5.79. The van der Waals surface area contributed by atoms with Crippen molar-refractivity contribution in [2.75, 3.05) is 39.3 Å². The van der Waals surface area contributed by atoms with E-state index in [-0.39, 0.29) is 24.0 Å². The molecule has 0 aliphatic carbocycles. The van der Waals surface area contributed by atoms with Gasteiger partial charge in [0.1, 0.15) is 0 Å². The van der Waals surface area contributed by atoms with Gasteiger partial charge in [-0.05, 0) is 20.8 Å². The molecule has 1 saturated heterocycles. The maximum atomic E-state index is 12.2. The average Bonchev–Trinajstić information content (AvgIpc) is 2.37. The second-order valence-corrected chi connectivity index (χ2v) is 5.73. The van der Waals surface area contributed by atoms with Crippen molar-refractivity contribution in [1.82, 2.24) is 9.80 Å². The number of rotatable bonds is 6. The lowest BCUT2D eigenvalue weighted by Gasteiger charge is -2.36. The molecular formula is C14H29N3O2. The van der Waals surface area contributed by atoms with Crippen LogP contribution < -0.4 is 5.73 Å². The van der Waals surface area contributed by atoms with Crippen molar-refractivity contribution in [1.29, 1.82) is 0 Å². The van der Waals surface area contributed by atoms with Gasteiger partial charge in [0.05, 0.1) is 18.6 Å². The van der Waals surface area contributed by atoms with E-state index >= 15 is 0 Å². The van der Waals surface area contributed by atoms with Gasteiger partial charge >= 0.3 is 0 Å². The van der Waals surface area contributed by atoms with Crippen LogP contribution in [0.2, 0.25) is 0 Å². The van der Waals surface area contributed by atoms with Gasteiger partial charge in [0.25, 0.3) is 0 Å². The Hall–Kier alpha value is -0.650. The Balaban J connectivity index is 2.27. The first kappa shape index (κ1) is 16.4. The first-order valence-corrected chi connectivity index (χ1v) is 7.30. The number of piperazine rings is 1. The number of nitrogens with two attached hydrogens (primary N) is 1. The van der Waals surface area contributed by atoms with Crippen LogP contribution in [-0.4, -0.2) is 67.2 Å². The lowest BCUT2D eigenvalue weighted by molar-refractivity contribution is -0.137. The van der Waals surface area contributed by atoms with Gasteiger partial charge in [0.2, 0.25) is 5.91 Å². The summed E-state index contributed by atoms with van der Waals surface area (Å²) in [5.74, 6) is 0.101. The molecular weight excluding hydrogens is 242 g/mol. The molecule has 0 aromatic rings. The van der Waals surface area contributed by atoms with Crippen molar-refractivity contribution >= 4 is 5.91 Å². The van der Waals surface area contributed by atoms with E-state index in [2.05, 4.69) is 4.90 Å². The highest BCUT2D eigenvalue weighted by Gasteiger charge is 2.26. The predicted octanol–water partition coefficient (Wildman–Crippen LogP) is 0.539. The lowest BCUT2D eigenvalue weighted by Crippen LogP contribution is -2.52. The average molecular weight is 271 g/mol. The molecule has 1 amide bonds. The van der Waals surface area contributed by atoms with Crippen molar-refractivity contribution in [3.05, 3.63) is 0 Å². The van der Waals surface area contributed by atoms with E-state index in [9.17, 15) is 4.79 Å². The standard InChI is InChI=1S/C14H29N3O2/c1-11(2)19-10-9-16-5-7-17(8-6-16)14(18)12(3)13(4)15/h11-13H,5-10,15H2,1-4H3. The van der Waals surface area contributed by atoms with Crippen molar-refractivity contribution in [2.45, 2.75) is 39.8 Å². The Morgan fingerprint density at radius 3 is 2.21 bits per heavy atom. The summed E-state index contributed by atoms with van der Waals surface area (Å²) in [6, 6.07) is -0.0787. The minimum absolute atomic E-state index is 0.0787. The molecule has 0 spiro atoms. The Labute approximate surface area is 117 Å². The van der Waals surface area contributed by atoms with Crippen molar-refractivity contribution in [3.8, 4) is 0 Å². The summed E-state index contributed by atoms with van der Waals surface area (Å²) in [4.78, 5) is 16.4. The van der Waals surface area contributed by atoms with Gasteiger partial charge in [0.15, 0.2) is 0 Å². The van der Waals surface area contributed by atoms with Crippen LogP contribution in [0.1, 0.15) is 27.7 Å². The van der Waals surface area contributed by atoms with Crippen LogP contribution in [-0.2, 0) is 9.53 Å². The van der Waals surface area contributed by atoms with Gasteiger partial charge < -0.3 is 15.4 Å². The molecule has 19 heavy (non-hydrogen) atoms. The molecule has 2 unspecified atom stereocenters. The minimum Gasteiger partial charge on any atom is -0.377 e. The monoisotopic (exact) mass is 271 g/mol. The molecule has 0 radical (unpaired) electrons. The van der Waals surface area contributed by atoms with Gasteiger partial charge in [-0.3, -0.25) is 9.69 Å². The summed E-state index contributed by atoms with van der Waals surface area (Å²) in [5.41, 5.74) is 5.79. The number of hydrogen-bond acceptors (Lipinski definition) is 4. The number of hydrogen-bond donors (Lipinski definition) is 1. The Morgan fingerprint density at radius 2 is 1.74 bits per heavy atom. The van der Waals surface area contributed by atoms with Crippen LogP contribution in [0.3, 0.4) is 0 Å². The normalized spacial score (nSPS) is 20.6. The molecule has 5 nitrogen and oxygen atoms in total. The number of carbonyl (C=O) groups excluding carboxylic acids is 1. The number of amides is 1. The minimum atomic E-state index is -0.0872. The van der Waals surface area contributed by atoms with Crippen molar-refractivity contribution in [2.24, 2.45) is 11.7 Å². The van der Waals surface area contributed by atoms with Gasteiger partial charge in [-0.1, -0.05) is 6.92 Å². The summed E-state index contributed by atoms with van der Waals surface area (Å²) in [5, 5.41) is 0.